The van der Waals surface area contributed by atoms with Gasteiger partial charge in [-0.15, -0.1) is 0 Å². The molecule has 4 rings (SSSR count). The third-order valence-corrected chi connectivity index (χ3v) is 8.07. The molecule has 2 aromatic rings. The van der Waals surface area contributed by atoms with Crippen molar-refractivity contribution in [2.45, 2.75) is 43.4 Å². The monoisotopic (exact) mass is 421 g/mol. The summed E-state index contributed by atoms with van der Waals surface area (Å²) in [5.74, 6) is 0.855. The maximum absolute atomic E-state index is 12.6. The topological polar surface area (TPSA) is 70.6 Å². The number of aromatic nitrogens is 1. The Balaban J connectivity index is 1.42. The molecule has 0 atom stereocenters. The van der Waals surface area contributed by atoms with Gasteiger partial charge >= 0.3 is 0 Å². The molecular weight excluding hydrogens is 394 g/mol. The van der Waals surface area contributed by atoms with Gasteiger partial charge in [0.05, 0.1) is 9.60 Å². The fourth-order valence-corrected chi connectivity index (χ4v) is 6.20. The molecule has 2 heterocycles. The molecule has 8 heteroatoms. The van der Waals surface area contributed by atoms with E-state index in [1.807, 2.05) is 11.0 Å². The lowest BCUT2D eigenvalue weighted by Gasteiger charge is -2.35. The van der Waals surface area contributed by atoms with Crippen molar-refractivity contribution in [2.24, 2.45) is 5.92 Å². The molecule has 2 aliphatic rings. The van der Waals surface area contributed by atoms with Gasteiger partial charge in [-0.1, -0.05) is 36.7 Å². The second-order valence-corrected chi connectivity index (χ2v) is 10.9. The zero-order valence-corrected chi connectivity index (χ0v) is 17.9. The molecule has 1 saturated heterocycles. The maximum Gasteiger partial charge on any atom is 0.222 e. The summed E-state index contributed by atoms with van der Waals surface area (Å²) in [7, 11) is -3.31. The first-order valence-corrected chi connectivity index (χ1v) is 12.7. The molecule has 28 heavy (non-hydrogen) atoms. The normalized spacial score (nSPS) is 19.3. The summed E-state index contributed by atoms with van der Waals surface area (Å²) in [6.07, 6.45) is 8.14. The Labute approximate surface area is 170 Å². The van der Waals surface area contributed by atoms with Crippen LogP contribution in [-0.2, 0) is 14.6 Å². The quantitative estimate of drug-likeness (QED) is 0.757. The van der Waals surface area contributed by atoms with Crippen LogP contribution in [-0.4, -0.2) is 56.6 Å². The minimum absolute atomic E-state index is 0.286. The number of fused-ring (bicyclic) bond motifs is 1. The Morgan fingerprint density at radius 3 is 2.54 bits per heavy atom. The van der Waals surface area contributed by atoms with Crippen LogP contribution in [0.3, 0.4) is 0 Å². The first-order chi connectivity index (χ1) is 13.4. The van der Waals surface area contributed by atoms with Crippen LogP contribution in [0, 0.1) is 5.92 Å². The van der Waals surface area contributed by atoms with Gasteiger partial charge in [0.2, 0.25) is 5.91 Å². The molecule has 6 nitrogen and oxygen atoms in total. The van der Waals surface area contributed by atoms with E-state index in [0.29, 0.717) is 30.9 Å². The summed E-state index contributed by atoms with van der Waals surface area (Å²) in [5, 5.41) is 0.838. The number of carbonyl (C=O) groups excluding carboxylic acids is 1. The van der Waals surface area contributed by atoms with Crippen molar-refractivity contribution in [1.29, 1.82) is 0 Å². The molecular formula is C20H27N3O3S2. The van der Waals surface area contributed by atoms with Crippen molar-refractivity contribution >= 4 is 42.4 Å². The van der Waals surface area contributed by atoms with E-state index in [1.54, 1.807) is 12.1 Å². The Hall–Kier alpha value is -1.67. The minimum Gasteiger partial charge on any atom is -0.345 e. The fraction of sp³-hybridized carbons (Fsp3) is 0.600. The Kier molecular flexibility index (Phi) is 5.60. The number of hydrogen-bond donors (Lipinski definition) is 0. The van der Waals surface area contributed by atoms with E-state index in [4.69, 9.17) is 0 Å². The minimum atomic E-state index is -3.31. The van der Waals surface area contributed by atoms with Crippen molar-refractivity contribution in [3.05, 3.63) is 18.2 Å². The number of amides is 1. The van der Waals surface area contributed by atoms with Crippen LogP contribution < -0.4 is 4.90 Å². The number of sulfone groups is 1. The van der Waals surface area contributed by atoms with E-state index >= 15 is 0 Å². The standard InChI is InChI=1S/C20H27N3O3S2/c1-28(25,26)17-9-5-8-16-19(17)21-20(27-16)23-12-10-22(11-13-23)18(24)14-15-6-3-2-4-7-15/h5,8-9,15H,2-4,6-7,10-14H2,1H3. The van der Waals surface area contributed by atoms with E-state index in [-0.39, 0.29) is 10.8 Å². The van der Waals surface area contributed by atoms with Gasteiger partial charge in [-0.2, -0.15) is 0 Å². The predicted octanol–water partition coefficient (Wildman–Crippen LogP) is 3.32. The van der Waals surface area contributed by atoms with Gasteiger partial charge in [-0.3, -0.25) is 4.79 Å². The number of nitrogens with zero attached hydrogens (tertiary/aromatic N) is 3. The SMILES string of the molecule is CS(=O)(=O)c1cccc2sc(N3CCN(C(=O)CC4CCCCC4)CC3)nc12. The van der Waals surface area contributed by atoms with Crippen LogP contribution >= 0.6 is 11.3 Å². The van der Waals surface area contributed by atoms with Crippen LogP contribution in [0.4, 0.5) is 5.13 Å². The third kappa shape index (κ3) is 4.17. The van der Waals surface area contributed by atoms with Gasteiger partial charge in [0.1, 0.15) is 5.52 Å². The molecule has 1 aromatic carbocycles. The average molecular weight is 422 g/mol. The van der Waals surface area contributed by atoms with Gasteiger partial charge in [-0.05, 0) is 30.9 Å². The zero-order valence-electron chi connectivity index (χ0n) is 16.3. The van der Waals surface area contributed by atoms with E-state index in [2.05, 4.69) is 9.88 Å². The van der Waals surface area contributed by atoms with Crippen molar-refractivity contribution in [2.75, 3.05) is 37.3 Å². The van der Waals surface area contributed by atoms with Crippen LogP contribution in [0.15, 0.2) is 23.1 Å². The molecule has 0 N–H and O–H groups in total. The number of rotatable bonds is 4. The Bertz CT molecular complexity index is 956. The molecule has 1 aliphatic heterocycles. The largest absolute Gasteiger partial charge is 0.345 e. The van der Waals surface area contributed by atoms with Gasteiger partial charge in [-0.25, -0.2) is 13.4 Å². The molecule has 1 saturated carbocycles. The molecule has 0 radical (unpaired) electrons. The lowest BCUT2D eigenvalue weighted by Crippen LogP contribution is -2.49. The lowest BCUT2D eigenvalue weighted by atomic mass is 9.86. The summed E-state index contributed by atoms with van der Waals surface area (Å²) in [5.41, 5.74) is 0.556. The van der Waals surface area contributed by atoms with E-state index in [0.717, 1.165) is 22.9 Å². The first kappa shape index (κ1) is 19.6. The number of thiazole rings is 1. The molecule has 152 valence electrons. The number of hydrogen-bond acceptors (Lipinski definition) is 6. The lowest BCUT2D eigenvalue weighted by molar-refractivity contribution is -0.132. The number of benzene rings is 1. The van der Waals surface area contributed by atoms with E-state index < -0.39 is 9.84 Å². The number of carbonyl (C=O) groups is 1. The number of anilines is 1. The summed E-state index contributed by atoms with van der Waals surface area (Å²) in [4.78, 5) is 21.7. The summed E-state index contributed by atoms with van der Waals surface area (Å²) in [6, 6.07) is 5.29. The molecule has 0 unspecified atom stereocenters. The molecule has 0 spiro atoms. The van der Waals surface area contributed by atoms with Crippen LogP contribution in [0.5, 0.6) is 0 Å². The smallest absolute Gasteiger partial charge is 0.222 e. The molecule has 1 aromatic heterocycles. The number of para-hydroxylation sites is 1. The summed E-state index contributed by atoms with van der Waals surface area (Å²) >= 11 is 1.52. The van der Waals surface area contributed by atoms with Crippen molar-refractivity contribution in [3.8, 4) is 0 Å². The Morgan fingerprint density at radius 2 is 1.86 bits per heavy atom. The van der Waals surface area contributed by atoms with Gasteiger partial charge in [0.25, 0.3) is 0 Å². The van der Waals surface area contributed by atoms with Crippen LogP contribution in [0.2, 0.25) is 0 Å². The van der Waals surface area contributed by atoms with Crippen molar-refractivity contribution in [3.63, 3.8) is 0 Å². The van der Waals surface area contributed by atoms with Gasteiger partial charge in [0.15, 0.2) is 15.0 Å². The molecule has 2 fully saturated rings. The second kappa shape index (κ2) is 7.99. The zero-order chi connectivity index (χ0) is 19.7. The van der Waals surface area contributed by atoms with Crippen LogP contribution in [0.1, 0.15) is 38.5 Å². The van der Waals surface area contributed by atoms with Crippen molar-refractivity contribution < 1.29 is 13.2 Å². The van der Waals surface area contributed by atoms with E-state index in [9.17, 15) is 13.2 Å². The predicted molar refractivity (Wildman–Crippen MR) is 113 cm³/mol. The highest BCUT2D eigenvalue weighted by Gasteiger charge is 2.26. The highest BCUT2D eigenvalue weighted by Crippen LogP contribution is 2.33. The molecule has 1 amide bonds. The molecule has 1 aliphatic carbocycles. The highest BCUT2D eigenvalue weighted by molar-refractivity contribution is 7.91. The third-order valence-electron chi connectivity index (χ3n) is 5.86. The van der Waals surface area contributed by atoms with E-state index in [1.165, 1.54) is 49.7 Å². The first-order valence-electron chi connectivity index (χ1n) is 10.0. The van der Waals surface area contributed by atoms with Gasteiger partial charge in [0, 0.05) is 38.9 Å². The summed E-state index contributed by atoms with van der Waals surface area (Å²) in [6.45, 7) is 2.90. The molecule has 0 bridgehead atoms. The Morgan fingerprint density at radius 1 is 1.14 bits per heavy atom. The maximum atomic E-state index is 12.6. The fourth-order valence-electron chi connectivity index (χ4n) is 4.26. The highest BCUT2D eigenvalue weighted by atomic mass is 32.2. The number of piperazine rings is 1. The van der Waals surface area contributed by atoms with Crippen LogP contribution in [0.25, 0.3) is 10.2 Å². The van der Waals surface area contributed by atoms with Gasteiger partial charge < -0.3 is 9.80 Å². The van der Waals surface area contributed by atoms with Crippen molar-refractivity contribution in [1.82, 2.24) is 9.88 Å². The average Bonchev–Trinajstić information content (AvgIpc) is 3.12. The summed E-state index contributed by atoms with van der Waals surface area (Å²) < 4.78 is 24.9. The second-order valence-electron chi connectivity index (χ2n) is 7.95.